The Bertz CT molecular complexity index is 827. The standard InChI is InChI=1S/C23H28N2O4/c1-16(2)23(28)25-20-10-6-18(7-11-20)15-24-22(27)5-4-14-29-21-12-8-19(9-13-21)17(3)26/h6-13,16H,4-5,14-15H2,1-3H3,(H,24,27)(H,25,28). The third kappa shape index (κ3) is 7.78. The Balaban J connectivity index is 1.65. The predicted octanol–water partition coefficient (Wildman–Crippen LogP) is 3.96. The first-order valence-electron chi connectivity index (χ1n) is 9.75. The molecule has 2 rings (SSSR count). The largest absolute Gasteiger partial charge is 0.494 e. The highest BCUT2D eigenvalue weighted by atomic mass is 16.5. The minimum atomic E-state index is -0.0714. The van der Waals surface area contributed by atoms with Crippen molar-refractivity contribution in [3.63, 3.8) is 0 Å². The van der Waals surface area contributed by atoms with Gasteiger partial charge in [0.2, 0.25) is 11.8 Å². The van der Waals surface area contributed by atoms with Crippen LogP contribution in [0.2, 0.25) is 0 Å². The molecule has 0 atom stereocenters. The highest BCUT2D eigenvalue weighted by Gasteiger charge is 2.07. The van der Waals surface area contributed by atoms with Crippen LogP contribution in [0, 0.1) is 5.92 Å². The summed E-state index contributed by atoms with van der Waals surface area (Å²) in [7, 11) is 0. The van der Waals surface area contributed by atoms with Crippen molar-refractivity contribution in [1.29, 1.82) is 0 Å². The van der Waals surface area contributed by atoms with Gasteiger partial charge < -0.3 is 15.4 Å². The molecule has 0 saturated heterocycles. The topological polar surface area (TPSA) is 84.5 Å². The minimum Gasteiger partial charge on any atom is -0.494 e. The summed E-state index contributed by atoms with van der Waals surface area (Å²) in [4.78, 5) is 34.9. The monoisotopic (exact) mass is 396 g/mol. The Labute approximate surface area is 171 Å². The average molecular weight is 396 g/mol. The van der Waals surface area contributed by atoms with Crippen molar-refractivity contribution in [3.8, 4) is 5.75 Å². The van der Waals surface area contributed by atoms with Crippen LogP contribution in [0.5, 0.6) is 5.75 Å². The molecule has 0 aliphatic rings. The molecule has 2 amide bonds. The fraction of sp³-hybridized carbons (Fsp3) is 0.348. The normalized spacial score (nSPS) is 10.5. The maximum atomic E-state index is 12.0. The lowest BCUT2D eigenvalue weighted by Gasteiger charge is -2.09. The molecule has 2 aromatic rings. The second-order valence-electron chi connectivity index (χ2n) is 7.15. The predicted molar refractivity (Wildman–Crippen MR) is 113 cm³/mol. The lowest BCUT2D eigenvalue weighted by atomic mass is 10.1. The summed E-state index contributed by atoms with van der Waals surface area (Å²) < 4.78 is 5.59. The third-order valence-electron chi connectivity index (χ3n) is 4.31. The quantitative estimate of drug-likeness (QED) is 0.470. The van der Waals surface area contributed by atoms with Crippen molar-refractivity contribution >= 4 is 23.3 Å². The van der Waals surface area contributed by atoms with Crippen LogP contribution < -0.4 is 15.4 Å². The molecule has 0 bridgehead atoms. The fourth-order valence-corrected chi connectivity index (χ4v) is 2.49. The number of hydrogen-bond donors (Lipinski definition) is 2. The molecule has 0 aliphatic carbocycles. The van der Waals surface area contributed by atoms with E-state index in [0.29, 0.717) is 37.3 Å². The van der Waals surface area contributed by atoms with Gasteiger partial charge in [-0.1, -0.05) is 26.0 Å². The van der Waals surface area contributed by atoms with Gasteiger partial charge in [0.25, 0.3) is 0 Å². The first-order valence-corrected chi connectivity index (χ1v) is 9.75. The lowest BCUT2D eigenvalue weighted by molar-refractivity contribution is -0.121. The molecule has 0 heterocycles. The minimum absolute atomic E-state index is 0.0168. The van der Waals surface area contributed by atoms with Gasteiger partial charge in [0, 0.05) is 30.1 Å². The van der Waals surface area contributed by atoms with E-state index >= 15 is 0 Å². The van der Waals surface area contributed by atoms with Gasteiger partial charge in [0.15, 0.2) is 5.78 Å². The summed E-state index contributed by atoms with van der Waals surface area (Å²) >= 11 is 0. The lowest BCUT2D eigenvalue weighted by Crippen LogP contribution is -2.23. The molecule has 0 aromatic heterocycles. The zero-order chi connectivity index (χ0) is 21.2. The molecule has 0 spiro atoms. The zero-order valence-electron chi connectivity index (χ0n) is 17.2. The van der Waals surface area contributed by atoms with Crippen molar-refractivity contribution < 1.29 is 19.1 Å². The van der Waals surface area contributed by atoms with E-state index in [0.717, 1.165) is 11.3 Å². The highest BCUT2D eigenvalue weighted by molar-refractivity contribution is 5.94. The first-order chi connectivity index (χ1) is 13.8. The van der Waals surface area contributed by atoms with Crippen molar-refractivity contribution in [2.45, 2.75) is 40.2 Å². The van der Waals surface area contributed by atoms with Crippen LogP contribution in [0.4, 0.5) is 5.69 Å². The van der Waals surface area contributed by atoms with Crippen LogP contribution in [0.1, 0.15) is 49.5 Å². The second-order valence-corrected chi connectivity index (χ2v) is 7.15. The summed E-state index contributed by atoms with van der Waals surface area (Å²) in [6.45, 7) is 6.07. The molecule has 0 fully saturated rings. The molecule has 6 nitrogen and oxygen atoms in total. The number of Topliss-reactive ketones (excluding diaryl/α,β-unsaturated/α-hetero) is 1. The number of benzene rings is 2. The van der Waals surface area contributed by atoms with Gasteiger partial charge in [-0.2, -0.15) is 0 Å². The number of amides is 2. The molecule has 0 radical (unpaired) electrons. The molecule has 2 N–H and O–H groups in total. The average Bonchev–Trinajstić information content (AvgIpc) is 2.71. The molecule has 29 heavy (non-hydrogen) atoms. The van der Waals surface area contributed by atoms with Gasteiger partial charge in [0.05, 0.1) is 6.61 Å². The first kappa shape index (κ1) is 22.1. The highest BCUT2D eigenvalue weighted by Crippen LogP contribution is 2.13. The number of carbonyl (C=O) groups is 3. The van der Waals surface area contributed by atoms with Crippen LogP contribution in [0.15, 0.2) is 48.5 Å². The Morgan fingerprint density at radius 3 is 2.21 bits per heavy atom. The van der Waals surface area contributed by atoms with Crippen LogP contribution in [0.25, 0.3) is 0 Å². The summed E-state index contributed by atoms with van der Waals surface area (Å²) in [5.74, 6) is 0.557. The van der Waals surface area contributed by atoms with E-state index in [-0.39, 0.29) is 23.5 Å². The number of rotatable bonds is 10. The van der Waals surface area contributed by atoms with Gasteiger partial charge >= 0.3 is 0 Å². The Hall–Kier alpha value is -3.15. The van der Waals surface area contributed by atoms with Crippen molar-refractivity contribution in [3.05, 3.63) is 59.7 Å². The summed E-state index contributed by atoms with van der Waals surface area (Å²) in [6.07, 6.45) is 0.967. The van der Waals surface area contributed by atoms with E-state index in [2.05, 4.69) is 10.6 Å². The van der Waals surface area contributed by atoms with E-state index in [9.17, 15) is 14.4 Å². The van der Waals surface area contributed by atoms with Crippen molar-refractivity contribution in [2.24, 2.45) is 5.92 Å². The second kappa shape index (κ2) is 11.0. The molecular formula is C23H28N2O4. The van der Waals surface area contributed by atoms with E-state index in [1.165, 1.54) is 6.92 Å². The molecule has 0 saturated carbocycles. The summed E-state index contributed by atoms with van der Waals surface area (Å²) in [6, 6.07) is 14.4. The molecule has 154 valence electrons. The van der Waals surface area contributed by atoms with Gasteiger partial charge in [-0.3, -0.25) is 14.4 Å². The van der Waals surface area contributed by atoms with E-state index in [1.807, 2.05) is 38.1 Å². The summed E-state index contributed by atoms with van der Waals surface area (Å²) in [5.41, 5.74) is 2.35. The maximum Gasteiger partial charge on any atom is 0.226 e. The van der Waals surface area contributed by atoms with Crippen molar-refractivity contribution in [1.82, 2.24) is 5.32 Å². The number of carbonyl (C=O) groups excluding carboxylic acids is 3. The zero-order valence-corrected chi connectivity index (χ0v) is 17.2. The molecule has 2 aromatic carbocycles. The Morgan fingerprint density at radius 2 is 1.62 bits per heavy atom. The van der Waals surface area contributed by atoms with E-state index < -0.39 is 0 Å². The molecule has 0 unspecified atom stereocenters. The van der Waals surface area contributed by atoms with Crippen LogP contribution >= 0.6 is 0 Å². The smallest absolute Gasteiger partial charge is 0.226 e. The van der Waals surface area contributed by atoms with Crippen LogP contribution in [0.3, 0.4) is 0 Å². The van der Waals surface area contributed by atoms with Crippen LogP contribution in [-0.4, -0.2) is 24.2 Å². The van der Waals surface area contributed by atoms with Gasteiger partial charge in [-0.25, -0.2) is 0 Å². The van der Waals surface area contributed by atoms with Crippen LogP contribution in [-0.2, 0) is 16.1 Å². The molecular weight excluding hydrogens is 368 g/mol. The Morgan fingerprint density at radius 1 is 0.966 bits per heavy atom. The SMILES string of the molecule is CC(=O)c1ccc(OCCCC(=O)NCc2ccc(NC(=O)C(C)C)cc2)cc1. The third-order valence-corrected chi connectivity index (χ3v) is 4.31. The molecule has 6 heteroatoms. The summed E-state index contributed by atoms with van der Waals surface area (Å²) in [5, 5.41) is 5.71. The number of ketones is 1. The number of ether oxygens (including phenoxy) is 1. The molecule has 0 aliphatic heterocycles. The fourth-order valence-electron chi connectivity index (χ4n) is 2.49. The van der Waals surface area contributed by atoms with Gasteiger partial charge in [0.1, 0.15) is 5.75 Å². The number of hydrogen-bond acceptors (Lipinski definition) is 4. The van der Waals surface area contributed by atoms with Gasteiger partial charge in [-0.05, 0) is 55.3 Å². The van der Waals surface area contributed by atoms with Gasteiger partial charge in [-0.15, -0.1) is 0 Å². The number of anilines is 1. The Kier molecular flexibility index (Phi) is 8.40. The van der Waals surface area contributed by atoms with E-state index in [1.54, 1.807) is 24.3 Å². The maximum absolute atomic E-state index is 12.0. The van der Waals surface area contributed by atoms with Crippen molar-refractivity contribution in [2.75, 3.05) is 11.9 Å². The van der Waals surface area contributed by atoms with E-state index in [4.69, 9.17) is 4.74 Å². The number of nitrogens with one attached hydrogen (secondary N) is 2.